The minimum atomic E-state index is -0.532. The first-order valence-corrected chi connectivity index (χ1v) is 12.6. The van der Waals surface area contributed by atoms with Crippen molar-refractivity contribution in [2.45, 2.75) is 25.7 Å². The lowest BCUT2D eigenvalue weighted by Crippen LogP contribution is -2.37. The van der Waals surface area contributed by atoms with Crippen molar-refractivity contribution >= 4 is 29.3 Å². The summed E-state index contributed by atoms with van der Waals surface area (Å²) >= 11 is 0. The van der Waals surface area contributed by atoms with Crippen LogP contribution in [0.1, 0.15) is 47.2 Å². The van der Waals surface area contributed by atoms with Crippen LogP contribution in [0.15, 0.2) is 72.3 Å². The molecule has 1 saturated heterocycles. The van der Waals surface area contributed by atoms with E-state index in [1.54, 1.807) is 18.9 Å². The summed E-state index contributed by atoms with van der Waals surface area (Å²) < 4.78 is 10.3. The second-order valence-electron chi connectivity index (χ2n) is 9.39. The summed E-state index contributed by atoms with van der Waals surface area (Å²) in [5, 5.41) is 14.1. The second-order valence-corrected chi connectivity index (χ2v) is 9.39. The summed E-state index contributed by atoms with van der Waals surface area (Å²) in [6, 6.07) is 19.5. The van der Waals surface area contributed by atoms with Crippen molar-refractivity contribution < 1.29 is 24.0 Å². The quantitative estimate of drug-likeness (QED) is 0.229. The third-order valence-corrected chi connectivity index (χ3v) is 6.90. The van der Waals surface area contributed by atoms with Gasteiger partial charge in [0.25, 0.3) is 11.8 Å². The topological polar surface area (TPSA) is 111 Å². The van der Waals surface area contributed by atoms with Gasteiger partial charge in [0.1, 0.15) is 5.75 Å². The molecule has 0 aliphatic carbocycles. The van der Waals surface area contributed by atoms with Gasteiger partial charge in [-0.2, -0.15) is 0 Å². The first kappa shape index (κ1) is 27.4. The number of carbonyl (C=O) groups excluding carboxylic acids is 2. The van der Waals surface area contributed by atoms with Gasteiger partial charge in [0, 0.05) is 42.0 Å². The Balaban J connectivity index is 1.32. The van der Waals surface area contributed by atoms with Gasteiger partial charge in [0.2, 0.25) is 0 Å². The van der Waals surface area contributed by atoms with Crippen LogP contribution < -0.4 is 14.8 Å². The van der Waals surface area contributed by atoms with E-state index in [4.69, 9.17) is 9.47 Å². The number of benzene rings is 3. The molecule has 39 heavy (non-hydrogen) atoms. The van der Waals surface area contributed by atoms with Gasteiger partial charge >= 0.3 is 5.69 Å². The molecule has 1 N–H and O–H groups in total. The van der Waals surface area contributed by atoms with Crippen molar-refractivity contribution in [3.8, 4) is 11.5 Å². The summed E-state index contributed by atoms with van der Waals surface area (Å²) in [6.45, 7) is 2.93. The highest BCUT2D eigenvalue weighted by molar-refractivity contribution is 6.06. The van der Waals surface area contributed by atoms with Crippen molar-refractivity contribution in [3.63, 3.8) is 0 Å². The number of hydrogen-bond acceptors (Lipinski definition) is 6. The lowest BCUT2D eigenvalue weighted by molar-refractivity contribution is -0.385. The van der Waals surface area contributed by atoms with Crippen LogP contribution in [0, 0.1) is 10.1 Å². The molecule has 0 radical (unpaired) electrons. The lowest BCUT2D eigenvalue weighted by Gasteiger charge is -2.32. The average molecular weight is 530 g/mol. The SMILES string of the molecule is COc1ccc(/C=C(\C)C(=O)Nc2ccc(C3CCN(C(=O)c4ccc([N+](=O)[O-])c(OC)c4)CC3)cc2)cc1. The van der Waals surface area contributed by atoms with Crippen molar-refractivity contribution in [3.05, 3.63) is 99.1 Å². The van der Waals surface area contributed by atoms with E-state index in [1.165, 1.54) is 25.3 Å². The summed E-state index contributed by atoms with van der Waals surface area (Å²) in [5.74, 6) is 0.782. The molecule has 0 spiro atoms. The monoisotopic (exact) mass is 529 g/mol. The third kappa shape index (κ3) is 6.62. The highest BCUT2D eigenvalue weighted by Gasteiger charge is 2.26. The molecule has 1 heterocycles. The lowest BCUT2D eigenvalue weighted by atomic mass is 9.89. The zero-order valence-electron chi connectivity index (χ0n) is 22.2. The molecule has 9 nitrogen and oxygen atoms in total. The smallest absolute Gasteiger partial charge is 0.310 e. The van der Waals surface area contributed by atoms with E-state index in [0.29, 0.717) is 35.8 Å². The maximum Gasteiger partial charge on any atom is 0.310 e. The number of hydrogen-bond donors (Lipinski definition) is 1. The number of nitro groups is 1. The first-order chi connectivity index (χ1) is 18.8. The molecular formula is C30H31N3O6. The molecule has 0 unspecified atom stereocenters. The molecule has 202 valence electrons. The van der Waals surface area contributed by atoms with E-state index in [2.05, 4.69) is 5.32 Å². The fraction of sp³-hybridized carbons (Fsp3) is 0.267. The molecule has 9 heteroatoms. The molecule has 0 aromatic heterocycles. The van der Waals surface area contributed by atoms with E-state index in [9.17, 15) is 19.7 Å². The minimum absolute atomic E-state index is 0.0688. The fourth-order valence-corrected chi connectivity index (χ4v) is 4.64. The third-order valence-electron chi connectivity index (χ3n) is 6.90. The number of rotatable bonds is 8. The Morgan fingerprint density at radius 1 is 0.974 bits per heavy atom. The van der Waals surface area contributed by atoms with Crippen LogP contribution in [0.25, 0.3) is 6.08 Å². The van der Waals surface area contributed by atoms with Crippen molar-refractivity contribution in [2.24, 2.45) is 0 Å². The molecule has 3 aromatic carbocycles. The number of ether oxygens (including phenoxy) is 2. The van der Waals surface area contributed by atoms with Crippen molar-refractivity contribution in [1.82, 2.24) is 4.90 Å². The molecule has 1 fully saturated rings. The molecule has 1 aliphatic heterocycles. The molecule has 0 saturated carbocycles. The van der Waals surface area contributed by atoms with Crippen molar-refractivity contribution in [1.29, 1.82) is 0 Å². The zero-order valence-corrected chi connectivity index (χ0v) is 22.2. The van der Waals surface area contributed by atoms with Crippen LogP contribution in [0.4, 0.5) is 11.4 Å². The molecule has 0 bridgehead atoms. The van der Waals surface area contributed by atoms with Gasteiger partial charge in [-0.25, -0.2) is 0 Å². The van der Waals surface area contributed by atoms with Gasteiger partial charge in [0.15, 0.2) is 5.75 Å². The summed E-state index contributed by atoms with van der Waals surface area (Å²) in [5.41, 5.74) is 3.57. The number of piperidine rings is 1. The van der Waals surface area contributed by atoms with E-state index >= 15 is 0 Å². The average Bonchev–Trinajstić information content (AvgIpc) is 2.97. The van der Waals surface area contributed by atoms with E-state index < -0.39 is 4.92 Å². The standard InChI is InChI=1S/C30H31N3O6/c1-20(18-21-4-11-26(38-2)12-5-21)29(34)31-25-9-6-22(7-10-25)23-14-16-32(17-15-23)30(35)24-8-13-27(33(36)37)28(19-24)39-3/h4-13,18-19,23H,14-17H2,1-3H3,(H,31,34)/b20-18+. The number of nitrogens with one attached hydrogen (secondary N) is 1. The second kappa shape index (κ2) is 12.3. The van der Waals surface area contributed by atoms with Crippen molar-refractivity contribution in [2.75, 3.05) is 32.6 Å². The largest absolute Gasteiger partial charge is 0.497 e. The van der Waals surface area contributed by atoms with Gasteiger partial charge in [0.05, 0.1) is 19.1 Å². The highest BCUT2D eigenvalue weighted by Crippen LogP contribution is 2.31. The number of anilines is 1. The van der Waals surface area contributed by atoms with Crippen LogP contribution >= 0.6 is 0 Å². The number of carbonyl (C=O) groups is 2. The number of amides is 2. The van der Waals surface area contributed by atoms with Crippen LogP contribution in [0.2, 0.25) is 0 Å². The molecule has 4 rings (SSSR count). The molecule has 1 aliphatic rings. The van der Waals surface area contributed by atoms with Gasteiger partial charge in [-0.1, -0.05) is 24.3 Å². The Morgan fingerprint density at radius 2 is 1.64 bits per heavy atom. The Kier molecular flexibility index (Phi) is 8.60. The fourth-order valence-electron chi connectivity index (χ4n) is 4.64. The van der Waals surface area contributed by atoms with Gasteiger partial charge < -0.3 is 19.7 Å². The van der Waals surface area contributed by atoms with Crippen LogP contribution in [-0.2, 0) is 4.79 Å². The molecular weight excluding hydrogens is 498 g/mol. The molecule has 3 aromatic rings. The Labute approximate surface area is 227 Å². The Morgan fingerprint density at radius 3 is 2.23 bits per heavy atom. The van der Waals surface area contributed by atoms with Crippen LogP contribution in [-0.4, -0.2) is 48.9 Å². The van der Waals surface area contributed by atoms with Crippen LogP contribution in [0.3, 0.4) is 0 Å². The van der Waals surface area contributed by atoms with E-state index in [-0.39, 0.29) is 23.3 Å². The summed E-state index contributed by atoms with van der Waals surface area (Å²) in [4.78, 5) is 38.0. The molecule has 2 amide bonds. The number of likely N-dealkylation sites (tertiary alicyclic amines) is 1. The van der Waals surface area contributed by atoms with E-state index in [1.807, 2.05) is 54.6 Å². The molecule has 0 atom stereocenters. The maximum absolute atomic E-state index is 13.0. The summed E-state index contributed by atoms with van der Waals surface area (Å²) in [7, 11) is 2.96. The first-order valence-electron chi connectivity index (χ1n) is 12.6. The van der Waals surface area contributed by atoms with E-state index in [0.717, 1.165) is 29.7 Å². The maximum atomic E-state index is 13.0. The predicted molar refractivity (Wildman–Crippen MR) is 149 cm³/mol. The van der Waals surface area contributed by atoms with Crippen LogP contribution in [0.5, 0.6) is 11.5 Å². The zero-order chi connectivity index (χ0) is 27.9. The normalized spacial score (nSPS) is 14.0. The highest BCUT2D eigenvalue weighted by atomic mass is 16.6. The number of methoxy groups -OCH3 is 2. The Hall–Kier alpha value is -4.66. The van der Waals surface area contributed by atoms with Gasteiger partial charge in [-0.05, 0) is 73.2 Å². The Bertz CT molecular complexity index is 1370. The minimum Gasteiger partial charge on any atom is -0.497 e. The summed E-state index contributed by atoms with van der Waals surface area (Å²) in [6.07, 6.45) is 3.42. The van der Waals surface area contributed by atoms with Gasteiger partial charge in [-0.15, -0.1) is 0 Å². The van der Waals surface area contributed by atoms with Gasteiger partial charge in [-0.3, -0.25) is 19.7 Å². The number of nitrogens with zero attached hydrogens (tertiary/aromatic N) is 2. The predicted octanol–water partition coefficient (Wildman–Crippen LogP) is 5.67. The number of nitro benzene ring substituents is 1.